The molecule has 0 aliphatic heterocycles. The van der Waals surface area contributed by atoms with Crippen LogP contribution in [0.15, 0.2) is 0 Å². The fourth-order valence-electron chi connectivity index (χ4n) is 1.56. The molecule has 0 N–H and O–H groups in total. The van der Waals surface area contributed by atoms with E-state index in [1.807, 2.05) is 0 Å². The minimum Gasteiger partial charge on any atom is -0.299 e. The van der Waals surface area contributed by atoms with Crippen LogP contribution in [-0.2, 0) is 0 Å². The molecule has 1 radical (unpaired) electrons. The molecule has 0 rings (SSSR count). The molecule has 0 aliphatic carbocycles. The van der Waals surface area contributed by atoms with E-state index in [2.05, 4.69) is 45.9 Å². The van der Waals surface area contributed by atoms with E-state index in [-0.39, 0.29) is 1.43 Å². The second-order valence-corrected chi connectivity index (χ2v) is 3.91. The number of nitrogens with zero attached hydrogens (tertiary/aromatic N) is 1. The zero-order valence-corrected chi connectivity index (χ0v) is 9.30. The van der Waals surface area contributed by atoms with Crippen molar-refractivity contribution in [1.82, 2.24) is 4.90 Å². The monoisotopic (exact) mass is 171 g/mol. The quantitative estimate of drug-likeness (QED) is 0.555. The summed E-state index contributed by atoms with van der Waals surface area (Å²) in [5.74, 6) is 0. The summed E-state index contributed by atoms with van der Waals surface area (Å²) in [6.45, 7) is 12.5. The van der Waals surface area contributed by atoms with E-state index in [1.54, 1.807) is 0 Å². The Kier molecular flexibility index (Phi) is 6.45. The van der Waals surface area contributed by atoms with Crippen LogP contribution in [0, 0.1) is 6.42 Å². The van der Waals surface area contributed by atoms with Crippen LogP contribution in [0.2, 0.25) is 0 Å². The van der Waals surface area contributed by atoms with Crippen molar-refractivity contribution >= 4 is 0 Å². The van der Waals surface area contributed by atoms with Crippen molar-refractivity contribution < 1.29 is 1.43 Å². The number of hydrogen-bond acceptors (Lipinski definition) is 1. The van der Waals surface area contributed by atoms with Crippen LogP contribution in [-0.4, -0.2) is 23.5 Å². The van der Waals surface area contributed by atoms with Gasteiger partial charge in [0.25, 0.3) is 0 Å². The molecule has 0 aromatic carbocycles. The third kappa shape index (κ3) is 4.76. The van der Waals surface area contributed by atoms with Gasteiger partial charge < -0.3 is 0 Å². The van der Waals surface area contributed by atoms with Crippen molar-refractivity contribution in [3.63, 3.8) is 0 Å². The first kappa shape index (κ1) is 12.0. The summed E-state index contributed by atoms with van der Waals surface area (Å²) in [5, 5.41) is 0. The zero-order chi connectivity index (χ0) is 9.56. The molecule has 12 heavy (non-hydrogen) atoms. The first-order chi connectivity index (χ1) is 5.59. The molecule has 1 heteroatoms. The largest absolute Gasteiger partial charge is 1.00 e. The van der Waals surface area contributed by atoms with Crippen molar-refractivity contribution in [2.75, 3.05) is 6.54 Å². The van der Waals surface area contributed by atoms with Crippen LogP contribution in [0.5, 0.6) is 0 Å². The summed E-state index contributed by atoms with van der Waals surface area (Å²) >= 11 is 0. The van der Waals surface area contributed by atoms with Gasteiger partial charge >= 0.3 is 1.43 Å². The Morgan fingerprint density at radius 1 is 1.17 bits per heavy atom. The molecule has 0 spiro atoms. The fraction of sp³-hybridized carbons (Fsp3) is 0.909. The highest BCUT2D eigenvalue weighted by Gasteiger charge is 2.11. The maximum atomic E-state index is 2.53. The van der Waals surface area contributed by atoms with E-state index in [0.717, 1.165) is 0 Å². The van der Waals surface area contributed by atoms with Gasteiger partial charge in [0.15, 0.2) is 0 Å². The van der Waals surface area contributed by atoms with E-state index in [9.17, 15) is 0 Å². The smallest absolute Gasteiger partial charge is 0.299 e. The van der Waals surface area contributed by atoms with Gasteiger partial charge in [-0.2, -0.15) is 0 Å². The van der Waals surface area contributed by atoms with Crippen LogP contribution in [0.3, 0.4) is 0 Å². The molecule has 0 aromatic rings. The molecule has 0 amide bonds. The first-order valence-corrected chi connectivity index (χ1v) is 5.17. The second-order valence-electron chi connectivity index (χ2n) is 3.91. The molecule has 0 unspecified atom stereocenters. The molecule has 0 saturated heterocycles. The Balaban J connectivity index is 0. The molecule has 0 aromatic heterocycles. The van der Waals surface area contributed by atoms with Crippen LogP contribution in [0.25, 0.3) is 0 Å². The molecule has 0 heterocycles. The average Bonchev–Trinajstić information content (AvgIpc) is 1.96. The average molecular weight is 171 g/mol. The summed E-state index contributed by atoms with van der Waals surface area (Å²) in [4.78, 5) is 2.53. The Bertz CT molecular complexity index is 94.3. The van der Waals surface area contributed by atoms with Gasteiger partial charge in [-0.3, -0.25) is 4.90 Å². The zero-order valence-electron chi connectivity index (χ0n) is 10.3. The van der Waals surface area contributed by atoms with Gasteiger partial charge in [-0.25, -0.2) is 0 Å². The van der Waals surface area contributed by atoms with Crippen molar-refractivity contribution in [3.8, 4) is 0 Å². The minimum absolute atomic E-state index is 0. The fourth-order valence-corrected chi connectivity index (χ4v) is 1.56. The molecular formula is C11H25N+. The molecule has 0 bridgehead atoms. The van der Waals surface area contributed by atoms with E-state index in [0.29, 0.717) is 12.1 Å². The SMILES string of the molecule is CC[CH]CCN(C(C)C)C(C)C.[H+]. The standard InChI is InChI=1S/C11H24N/c1-6-7-8-9-12(10(2)3)11(4)5/h7,10-11H,6,8-9H2,1-5H3/p+1. The van der Waals surface area contributed by atoms with Crippen LogP contribution >= 0.6 is 0 Å². The van der Waals surface area contributed by atoms with Crippen LogP contribution < -0.4 is 0 Å². The summed E-state index contributed by atoms with van der Waals surface area (Å²) < 4.78 is 0. The molecule has 0 fully saturated rings. The lowest BCUT2D eigenvalue weighted by atomic mass is 10.2. The van der Waals surface area contributed by atoms with Crippen LogP contribution in [0.4, 0.5) is 0 Å². The van der Waals surface area contributed by atoms with E-state index >= 15 is 0 Å². The lowest BCUT2D eigenvalue weighted by molar-refractivity contribution is 0.176. The van der Waals surface area contributed by atoms with E-state index < -0.39 is 0 Å². The van der Waals surface area contributed by atoms with Crippen molar-refractivity contribution in [1.29, 1.82) is 0 Å². The highest BCUT2D eigenvalue weighted by atomic mass is 15.2. The molecule has 1 nitrogen and oxygen atoms in total. The molecule has 0 saturated carbocycles. The summed E-state index contributed by atoms with van der Waals surface area (Å²) in [5.41, 5.74) is 0. The summed E-state index contributed by atoms with van der Waals surface area (Å²) in [7, 11) is 0. The maximum absolute atomic E-state index is 2.53. The number of unbranched alkanes of at least 4 members (excludes halogenated alkanes) is 2. The van der Waals surface area contributed by atoms with Gasteiger partial charge in [0.2, 0.25) is 0 Å². The Morgan fingerprint density at radius 3 is 2.00 bits per heavy atom. The first-order valence-electron chi connectivity index (χ1n) is 5.17. The number of rotatable bonds is 6. The topological polar surface area (TPSA) is 3.24 Å². The summed E-state index contributed by atoms with van der Waals surface area (Å²) in [6.07, 6.45) is 4.79. The lowest BCUT2D eigenvalue weighted by Gasteiger charge is -2.30. The minimum atomic E-state index is 0. The Labute approximate surface area is 79.6 Å². The third-order valence-electron chi connectivity index (χ3n) is 2.21. The Morgan fingerprint density at radius 2 is 1.67 bits per heavy atom. The third-order valence-corrected chi connectivity index (χ3v) is 2.21. The van der Waals surface area contributed by atoms with E-state index in [1.165, 1.54) is 19.4 Å². The van der Waals surface area contributed by atoms with Gasteiger partial charge in [-0.1, -0.05) is 13.3 Å². The van der Waals surface area contributed by atoms with E-state index in [4.69, 9.17) is 0 Å². The van der Waals surface area contributed by atoms with Crippen molar-refractivity contribution in [2.45, 2.75) is 59.5 Å². The van der Waals surface area contributed by atoms with Crippen LogP contribution in [0.1, 0.15) is 48.9 Å². The van der Waals surface area contributed by atoms with Gasteiger partial charge in [-0.15, -0.1) is 0 Å². The molecule has 0 atom stereocenters. The maximum Gasteiger partial charge on any atom is 1.00 e. The molecule has 0 aliphatic rings. The molecule has 73 valence electrons. The van der Waals surface area contributed by atoms with Crippen molar-refractivity contribution in [3.05, 3.63) is 6.42 Å². The van der Waals surface area contributed by atoms with Crippen molar-refractivity contribution in [2.24, 2.45) is 0 Å². The Hall–Kier alpha value is -0.0400. The second kappa shape index (κ2) is 6.47. The highest BCUT2D eigenvalue weighted by molar-refractivity contribution is 4.71. The molecular weight excluding hydrogens is 146 g/mol. The van der Waals surface area contributed by atoms with Gasteiger partial charge in [0, 0.05) is 12.1 Å². The van der Waals surface area contributed by atoms with Gasteiger partial charge in [0.05, 0.1) is 0 Å². The van der Waals surface area contributed by atoms with Gasteiger partial charge in [0.1, 0.15) is 0 Å². The predicted octanol–water partition coefficient (Wildman–Crippen LogP) is 3.22. The highest BCUT2D eigenvalue weighted by Crippen LogP contribution is 2.06. The number of hydrogen-bond donors (Lipinski definition) is 0. The lowest BCUT2D eigenvalue weighted by Crippen LogP contribution is -2.37. The summed E-state index contributed by atoms with van der Waals surface area (Å²) in [6, 6.07) is 1.35. The van der Waals surface area contributed by atoms with Gasteiger partial charge in [-0.05, 0) is 47.1 Å². The predicted molar refractivity (Wildman–Crippen MR) is 57.3 cm³/mol. The normalized spacial score (nSPS) is 12.0.